The molecule has 0 nitrogen and oxygen atoms in total. The lowest BCUT2D eigenvalue weighted by Gasteiger charge is -2.24. The van der Waals surface area contributed by atoms with Gasteiger partial charge in [0.1, 0.15) is 0 Å². The maximum absolute atomic E-state index is 2.44. The van der Waals surface area contributed by atoms with Crippen LogP contribution in [0.2, 0.25) is 0 Å². The van der Waals surface area contributed by atoms with E-state index in [4.69, 9.17) is 0 Å². The van der Waals surface area contributed by atoms with E-state index in [1.807, 2.05) is 0 Å². The molecule has 0 spiro atoms. The SMILES string of the molecule is CCCCCC1CC2C(C)C12. The maximum Gasteiger partial charge on any atom is -0.0326 e. The van der Waals surface area contributed by atoms with Crippen molar-refractivity contribution in [3.05, 3.63) is 0 Å². The fourth-order valence-corrected chi connectivity index (χ4v) is 3.01. The summed E-state index contributed by atoms with van der Waals surface area (Å²) in [6.07, 6.45) is 7.46. The van der Waals surface area contributed by atoms with Crippen LogP contribution in [0.25, 0.3) is 0 Å². The normalized spacial score (nSPS) is 46.4. The molecule has 4 atom stereocenters. The largest absolute Gasteiger partial charge is 0.0654 e. The van der Waals surface area contributed by atoms with Crippen molar-refractivity contribution in [3.8, 4) is 0 Å². The lowest BCUT2D eigenvalue weighted by atomic mass is 9.81. The molecule has 2 rings (SSSR count). The van der Waals surface area contributed by atoms with E-state index in [0.29, 0.717) is 0 Å². The zero-order valence-corrected chi connectivity index (χ0v) is 7.84. The molecule has 0 heteroatoms. The van der Waals surface area contributed by atoms with Crippen LogP contribution in [-0.4, -0.2) is 0 Å². The van der Waals surface area contributed by atoms with Crippen LogP contribution in [0.5, 0.6) is 0 Å². The Balaban J connectivity index is 1.59. The fourth-order valence-electron chi connectivity index (χ4n) is 3.01. The van der Waals surface area contributed by atoms with Crippen molar-refractivity contribution < 1.29 is 0 Å². The molecular formula is C11H20. The van der Waals surface area contributed by atoms with Crippen LogP contribution >= 0.6 is 0 Å². The first-order valence-electron chi connectivity index (χ1n) is 5.34. The standard InChI is InChI=1S/C11H20/c1-3-4-5-6-9-7-10-8(2)11(9)10/h8-11H,3-7H2,1-2H3. The molecule has 2 aliphatic rings. The summed E-state index contributed by atoms with van der Waals surface area (Å²) in [6, 6.07) is 0. The van der Waals surface area contributed by atoms with Crippen LogP contribution in [0.3, 0.4) is 0 Å². The zero-order valence-electron chi connectivity index (χ0n) is 7.84. The van der Waals surface area contributed by atoms with Gasteiger partial charge in [-0.2, -0.15) is 0 Å². The average Bonchev–Trinajstić information content (AvgIpc) is 2.45. The van der Waals surface area contributed by atoms with Gasteiger partial charge in [-0.1, -0.05) is 39.5 Å². The molecule has 4 unspecified atom stereocenters. The number of rotatable bonds is 4. The third-order valence-corrected chi connectivity index (χ3v) is 3.93. The van der Waals surface area contributed by atoms with Crippen molar-refractivity contribution in [2.75, 3.05) is 0 Å². The Morgan fingerprint density at radius 1 is 1.27 bits per heavy atom. The summed E-state index contributed by atoms with van der Waals surface area (Å²) >= 11 is 0. The summed E-state index contributed by atoms with van der Waals surface area (Å²) in [5.41, 5.74) is 0. The van der Waals surface area contributed by atoms with E-state index >= 15 is 0 Å². The minimum atomic E-state index is 1.11. The van der Waals surface area contributed by atoms with E-state index in [1.165, 1.54) is 31.1 Å². The quantitative estimate of drug-likeness (QED) is 0.541. The van der Waals surface area contributed by atoms with Gasteiger partial charge in [0.2, 0.25) is 0 Å². The highest BCUT2D eigenvalue weighted by molar-refractivity contribution is 5.07. The van der Waals surface area contributed by atoms with Crippen LogP contribution in [0.15, 0.2) is 0 Å². The van der Waals surface area contributed by atoms with Gasteiger partial charge in [0.15, 0.2) is 0 Å². The summed E-state index contributed by atoms with van der Waals surface area (Å²) in [5.74, 6) is 4.64. The van der Waals surface area contributed by atoms with E-state index in [2.05, 4.69) is 13.8 Å². The van der Waals surface area contributed by atoms with Crippen molar-refractivity contribution in [1.29, 1.82) is 0 Å². The van der Waals surface area contributed by atoms with E-state index < -0.39 is 0 Å². The van der Waals surface area contributed by atoms with Gasteiger partial charge in [-0.05, 0) is 30.1 Å². The van der Waals surface area contributed by atoms with Crippen LogP contribution in [0.1, 0.15) is 46.0 Å². The first kappa shape index (κ1) is 7.64. The van der Waals surface area contributed by atoms with E-state index in [1.54, 1.807) is 12.8 Å². The Morgan fingerprint density at radius 2 is 2.09 bits per heavy atom. The van der Waals surface area contributed by atoms with Gasteiger partial charge < -0.3 is 0 Å². The molecule has 64 valence electrons. The van der Waals surface area contributed by atoms with Crippen LogP contribution < -0.4 is 0 Å². The second-order valence-electron chi connectivity index (χ2n) is 4.59. The maximum atomic E-state index is 2.44. The fraction of sp³-hybridized carbons (Fsp3) is 1.00. The predicted molar refractivity (Wildman–Crippen MR) is 48.4 cm³/mol. The second-order valence-corrected chi connectivity index (χ2v) is 4.59. The summed E-state index contributed by atoms with van der Waals surface area (Å²) in [6.45, 7) is 4.73. The molecule has 0 N–H and O–H groups in total. The molecule has 0 aromatic heterocycles. The third kappa shape index (κ3) is 1.21. The molecule has 0 aliphatic heterocycles. The summed E-state index contributed by atoms with van der Waals surface area (Å²) in [4.78, 5) is 0. The lowest BCUT2D eigenvalue weighted by Crippen LogP contribution is -2.15. The van der Waals surface area contributed by atoms with Crippen molar-refractivity contribution in [1.82, 2.24) is 0 Å². The highest BCUT2D eigenvalue weighted by atomic mass is 14.6. The monoisotopic (exact) mass is 152 g/mol. The van der Waals surface area contributed by atoms with E-state index in [9.17, 15) is 0 Å². The van der Waals surface area contributed by atoms with E-state index in [0.717, 1.165) is 11.8 Å². The molecule has 0 radical (unpaired) electrons. The van der Waals surface area contributed by atoms with Gasteiger partial charge in [-0.15, -0.1) is 0 Å². The summed E-state index contributed by atoms with van der Waals surface area (Å²) < 4.78 is 0. The first-order chi connectivity index (χ1) is 5.34. The van der Waals surface area contributed by atoms with Gasteiger partial charge >= 0.3 is 0 Å². The number of hydrogen-bond acceptors (Lipinski definition) is 0. The number of unbranched alkanes of at least 4 members (excludes halogenated alkanes) is 2. The van der Waals surface area contributed by atoms with Gasteiger partial charge in [0.25, 0.3) is 0 Å². The highest BCUT2D eigenvalue weighted by Crippen LogP contribution is 2.65. The van der Waals surface area contributed by atoms with Crippen LogP contribution in [-0.2, 0) is 0 Å². The Bertz CT molecular complexity index is 135. The van der Waals surface area contributed by atoms with Crippen molar-refractivity contribution >= 4 is 0 Å². The van der Waals surface area contributed by atoms with Crippen molar-refractivity contribution in [3.63, 3.8) is 0 Å². The van der Waals surface area contributed by atoms with E-state index in [-0.39, 0.29) is 0 Å². The van der Waals surface area contributed by atoms with Gasteiger partial charge in [0.05, 0.1) is 0 Å². The van der Waals surface area contributed by atoms with Gasteiger partial charge in [-0.25, -0.2) is 0 Å². The smallest absolute Gasteiger partial charge is 0.0326 e. The first-order valence-corrected chi connectivity index (χ1v) is 5.34. The average molecular weight is 152 g/mol. The molecular weight excluding hydrogens is 132 g/mol. The molecule has 0 saturated heterocycles. The number of hydrogen-bond donors (Lipinski definition) is 0. The van der Waals surface area contributed by atoms with Crippen LogP contribution in [0, 0.1) is 23.7 Å². The molecule has 0 bridgehead atoms. The summed E-state index contributed by atoms with van der Waals surface area (Å²) in [7, 11) is 0. The molecule has 0 heterocycles. The van der Waals surface area contributed by atoms with Crippen molar-refractivity contribution in [2.24, 2.45) is 23.7 Å². The molecule has 2 aliphatic carbocycles. The summed E-state index contributed by atoms with van der Waals surface area (Å²) in [5, 5.41) is 0. The Labute approximate surface area is 70.4 Å². The zero-order chi connectivity index (χ0) is 7.84. The number of fused-ring (bicyclic) bond motifs is 1. The van der Waals surface area contributed by atoms with Gasteiger partial charge in [0, 0.05) is 0 Å². The lowest BCUT2D eigenvalue weighted by molar-refractivity contribution is 0.262. The molecule has 0 aromatic rings. The minimum Gasteiger partial charge on any atom is -0.0654 e. The molecule has 0 amide bonds. The van der Waals surface area contributed by atoms with Crippen molar-refractivity contribution in [2.45, 2.75) is 46.0 Å². The minimum absolute atomic E-state index is 1.11. The topological polar surface area (TPSA) is 0 Å². The molecule has 0 aromatic carbocycles. The Hall–Kier alpha value is 0. The Kier molecular flexibility index (Phi) is 1.95. The highest BCUT2D eigenvalue weighted by Gasteiger charge is 2.59. The molecule has 11 heavy (non-hydrogen) atoms. The predicted octanol–water partition coefficient (Wildman–Crippen LogP) is 3.47. The second kappa shape index (κ2) is 2.80. The Morgan fingerprint density at radius 3 is 2.55 bits per heavy atom. The molecule has 2 saturated carbocycles. The molecule has 2 fully saturated rings. The van der Waals surface area contributed by atoms with Crippen LogP contribution in [0.4, 0.5) is 0 Å². The van der Waals surface area contributed by atoms with Gasteiger partial charge in [-0.3, -0.25) is 0 Å². The third-order valence-electron chi connectivity index (χ3n) is 3.93.